The highest BCUT2D eigenvalue weighted by molar-refractivity contribution is 5.88. The number of ether oxygens (including phenoxy) is 1. The quantitative estimate of drug-likeness (QED) is 0.744. The van der Waals surface area contributed by atoms with Gasteiger partial charge in [-0.15, -0.1) is 0 Å². The third-order valence-electron chi connectivity index (χ3n) is 5.16. The molecule has 0 aliphatic carbocycles. The van der Waals surface area contributed by atoms with E-state index in [-0.39, 0.29) is 36.7 Å². The minimum atomic E-state index is -0.655. The van der Waals surface area contributed by atoms with Gasteiger partial charge in [-0.05, 0) is 43.0 Å². The van der Waals surface area contributed by atoms with E-state index in [0.717, 1.165) is 30.6 Å². The Morgan fingerprint density at radius 3 is 2.52 bits per heavy atom. The van der Waals surface area contributed by atoms with Crippen LogP contribution < -0.4 is 5.32 Å². The van der Waals surface area contributed by atoms with Crippen molar-refractivity contribution in [2.24, 2.45) is 0 Å². The van der Waals surface area contributed by atoms with Crippen molar-refractivity contribution in [3.8, 4) is 0 Å². The predicted octanol–water partition coefficient (Wildman–Crippen LogP) is 3.08. The van der Waals surface area contributed by atoms with E-state index in [1.165, 1.54) is 12.1 Å². The molecule has 2 amide bonds. The van der Waals surface area contributed by atoms with E-state index in [0.29, 0.717) is 6.54 Å². The maximum Gasteiger partial charge on any atom is 0.242 e. The Hall–Kier alpha value is -2.73. The summed E-state index contributed by atoms with van der Waals surface area (Å²) in [4.78, 5) is 27.3. The van der Waals surface area contributed by atoms with Crippen molar-refractivity contribution >= 4 is 11.8 Å². The monoisotopic (exact) mass is 398 g/mol. The minimum absolute atomic E-state index is 0.0386. The van der Waals surface area contributed by atoms with Gasteiger partial charge in [-0.2, -0.15) is 0 Å². The number of carbonyl (C=O) groups is 2. The molecule has 2 atom stereocenters. The Morgan fingerprint density at radius 2 is 1.86 bits per heavy atom. The number of nitrogens with one attached hydrogen (secondary N) is 1. The molecule has 1 saturated heterocycles. The van der Waals surface area contributed by atoms with Gasteiger partial charge in [0.05, 0.1) is 12.5 Å². The number of hydrogen-bond donors (Lipinski definition) is 1. The number of rotatable bonds is 8. The molecular weight excluding hydrogens is 371 g/mol. The molecule has 0 saturated carbocycles. The molecule has 0 unspecified atom stereocenters. The SMILES string of the molecule is C[C@H](C(=O)NC[C@@H]1CCCO1)N(Cc1ccc(F)cc1)C(=O)Cc1ccccc1. The van der Waals surface area contributed by atoms with Gasteiger partial charge in [0.2, 0.25) is 11.8 Å². The number of benzene rings is 2. The molecule has 3 rings (SSSR count). The highest BCUT2D eigenvalue weighted by Crippen LogP contribution is 2.14. The Bertz CT molecular complexity index is 805. The van der Waals surface area contributed by atoms with E-state index in [1.54, 1.807) is 24.0 Å². The maximum atomic E-state index is 13.2. The zero-order valence-electron chi connectivity index (χ0n) is 16.6. The van der Waals surface area contributed by atoms with Crippen molar-refractivity contribution in [3.05, 3.63) is 71.5 Å². The van der Waals surface area contributed by atoms with Gasteiger partial charge in [-0.3, -0.25) is 9.59 Å². The molecule has 6 heteroatoms. The molecule has 0 spiro atoms. The van der Waals surface area contributed by atoms with Crippen LogP contribution >= 0.6 is 0 Å². The number of nitrogens with zero attached hydrogens (tertiary/aromatic N) is 1. The zero-order valence-corrected chi connectivity index (χ0v) is 16.6. The van der Waals surface area contributed by atoms with Gasteiger partial charge in [0.1, 0.15) is 11.9 Å². The molecule has 5 nitrogen and oxygen atoms in total. The molecule has 1 aliphatic rings. The van der Waals surface area contributed by atoms with Crippen LogP contribution in [0, 0.1) is 5.82 Å². The average molecular weight is 398 g/mol. The summed E-state index contributed by atoms with van der Waals surface area (Å²) >= 11 is 0. The largest absolute Gasteiger partial charge is 0.376 e. The van der Waals surface area contributed by atoms with Gasteiger partial charge in [0.15, 0.2) is 0 Å². The van der Waals surface area contributed by atoms with Gasteiger partial charge in [0, 0.05) is 19.7 Å². The molecule has 0 aromatic heterocycles. The standard InChI is InChI=1S/C23H27FN2O3/c1-17(23(28)25-15-21-8-5-13-29-21)26(16-19-9-11-20(24)12-10-19)22(27)14-18-6-3-2-4-7-18/h2-4,6-7,9-12,17,21H,5,8,13-16H2,1H3,(H,25,28)/t17-,21+/m1/s1. The summed E-state index contributed by atoms with van der Waals surface area (Å²) < 4.78 is 18.8. The minimum Gasteiger partial charge on any atom is -0.376 e. The first-order valence-corrected chi connectivity index (χ1v) is 10.00. The Labute approximate surface area is 170 Å². The van der Waals surface area contributed by atoms with E-state index >= 15 is 0 Å². The van der Waals surface area contributed by atoms with Gasteiger partial charge in [0.25, 0.3) is 0 Å². The molecule has 1 heterocycles. The first-order valence-electron chi connectivity index (χ1n) is 10.00. The molecular formula is C23H27FN2O3. The summed E-state index contributed by atoms with van der Waals surface area (Å²) in [6.45, 7) is 3.13. The number of carbonyl (C=O) groups excluding carboxylic acids is 2. The second-order valence-corrected chi connectivity index (χ2v) is 7.37. The van der Waals surface area contributed by atoms with Crippen molar-refractivity contribution in [3.63, 3.8) is 0 Å². The number of hydrogen-bond acceptors (Lipinski definition) is 3. The van der Waals surface area contributed by atoms with Crippen LogP contribution in [0.25, 0.3) is 0 Å². The Morgan fingerprint density at radius 1 is 1.14 bits per heavy atom. The molecule has 29 heavy (non-hydrogen) atoms. The van der Waals surface area contributed by atoms with Crippen molar-refractivity contribution in [2.75, 3.05) is 13.2 Å². The molecule has 154 valence electrons. The lowest BCUT2D eigenvalue weighted by molar-refractivity contribution is -0.140. The fourth-order valence-electron chi connectivity index (χ4n) is 3.41. The summed E-state index contributed by atoms with van der Waals surface area (Å²) in [6, 6.07) is 14.8. The normalized spacial score (nSPS) is 17.0. The number of halogens is 1. The van der Waals surface area contributed by atoms with Gasteiger partial charge in [-0.1, -0.05) is 42.5 Å². The summed E-state index contributed by atoms with van der Waals surface area (Å²) in [5.41, 5.74) is 1.65. The van der Waals surface area contributed by atoms with Crippen LogP contribution in [0.5, 0.6) is 0 Å². The van der Waals surface area contributed by atoms with Gasteiger partial charge in [-0.25, -0.2) is 4.39 Å². The second kappa shape index (κ2) is 10.2. The summed E-state index contributed by atoms with van der Waals surface area (Å²) in [7, 11) is 0. The van der Waals surface area contributed by atoms with Crippen molar-refractivity contribution in [1.29, 1.82) is 0 Å². The Balaban J connectivity index is 1.70. The fourth-order valence-corrected chi connectivity index (χ4v) is 3.41. The van der Waals surface area contributed by atoms with E-state index in [1.807, 2.05) is 30.3 Å². The molecule has 0 bridgehead atoms. The van der Waals surface area contributed by atoms with Crippen LogP contribution in [-0.2, 0) is 27.3 Å². The molecule has 1 fully saturated rings. The van der Waals surface area contributed by atoms with E-state index in [9.17, 15) is 14.0 Å². The van der Waals surface area contributed by atoms with Crippen LogP contribution in [0.1, 0.15) is 30.9 Å². The van der Waals surface area contributed by atoms with Crippen LogP contribution in [0.3, 0.4) is 0 Å². The third-order valence-corrected chi connectivity index (χ3v) is 5.16. The first-order chi connectivity index (χ1) is 14.0. The van der Waals surface area contributed by atoms with E-state index in [2.05, 4.69) is 5.32 Å². The fraction of sp³-hybridized carbons (Fsp3) is 0.391. The summed E-state index contributed by atoms with van der Waals surface area (Å²) in [5.74, 6) is -0.706. The average Bonchev–Trinajstić information content (AvgIpc) is 3.25. The number of amides is 2. The summed E-state index contributed by atoms with van der Waals surface area (Å²) in [5, 5.41) is 2.90. The van der Waals surface area contributed by atoms with E-state index < -0.39 is 6.04 Å². The Kier molecular flexibility index (Phi) is 7.36. The molecule has 2 aromatic carbocycles. The van der Waals surface area contributed by atoms with Crippen LogP contribution in [-0.4, -0.2) is 42.0 Å². The van der Waals surface area contributed by atoms with E-state index in [4.69, 9.17) is 4.74 Å². The highest BCUT2D eigenvalue weighted by atomic mass is 19.1. The van der Waals surface area contributed by atoms with Crippen LogP contribution in [0.15, 0.2) is 54.6 Å². The lowest BCUT2D eigenvalue weighted by atomic mass is 10.1. The maximum absolute atomic E-state index is 13.2. The van der Waals surface area contributed by atoms with Gasteiger partial charge >= 0.3 is 0 Å². The topological polar surface area (TPSA) is 58.6 Å². The molecule has 1 N–H and O–H groups in total. The highest BCUT2D eigenvalue weighted by Gasteiger charge is 2.27. The van der Waals surface area contributed by atoms with Crippen molar-refractivity contribution in [2.45, 2.75) is 44.9 Å². The van der Waals surface area contributed by atoms with Crippen LogP contribution in [0.2, 0.25) is 0 Å². The molecule has 2 aromatic rings. The lowest BCUT2D eigenvalue weighted by Gasteiger charge is -2.29. The predicted molar refractivity (Wildman–Crippen MR) is 109 cm³/mol. The van der Waals surface area contributed by atoms with Crippen molar-refractivity contribution < 1.29 is 18.7 Å². The lowest BCUT2D eigenvalue weighted by Crippen LogP contribution is -2.49. The third kappa shape index (κ3) is 6.12. The second-order valence-electron chi connectivity index (χ2n) is 7.37. The smallest absolute Gasteiger partial charge is 0.242 e. The molecule has 0 radical (unpaired) electrons. The van der Waals surface area contributed by atoms with Gasteiger partial charge < -0.3 is 15.0 Å². The molecule has 1 aliphatic heterocycles. The van der Waals surface area contributed by atoms with Crippen LogP contribution in [0.4, 0.5) is 4.39 Å². The first kappa shape index (κ1) is 21.0. The zero-order chi connectivity index (χ0) is 20.6. The summed E-state index contributed by atoms with van der Waals surface area (Å²) in [6.07, 6.45) is 2.17. The van der Waals surface area contributed by atoms with Crippen molar-refractivity contribution in [1.82, 2.24) is 10.2 Å².